The normalized spacial score (nSPS) is 10.7. The number of aromatic hydroxyl groups is 1. The van der Waals surface area contributed by atoms with Crippen molar-refractivity contribution in [3.63, 3.8) is 0 Å². The summed E-state index contributed by atoms with van der Waals surface area (Å²) in [6, 6.07) is 14.0. The van der Waals surface area contributed by atoms with Gasteiger partial charge in [0.05, 0.1) is 7.11 Å². The van der Waals surface area contributed by atoms with Gasteiger partial charge < -0.3 is 15.2 Å². The Morgan fingerprint density at radius 2 is 2.00 bits per heavy atom. The predicted molar refractivity (Wildman–Crippen MR) is 88.1 cm³/mol. The second kappa shape index (κ2) is 7.14. The summed E-state index contributed by atoms with van der Waals surface area (Å²) in [4.78, 5) is 12.3. The van der Waals surface area contributed by atoms with Gasteiger partial charge in [-0.3, -0.25) is 4.79 Å². The molecule has 5 nitrogen and oxygen atoms in total. The molecule has 0 saturated carbocycles. The van der Waals surface area contributed by atoms with Crippen molar-refractivity contribution >= 4 is 17.7 Å². The number of nitriles is 1. The zero-order valence-electron chi connectivity index (χ0n) is 12.8. The highest BCUT2D eigenvalue weighted by Crippen LogP contribution is 2.31. The summed E-state index contributed by atoms with van der Waals surface area (Å²) in [5, 5.41) is 22.0. The van der Waals surface area contributed by atoms with Crippen molar-refractivity contribution in [1.29, 1.82) is 5.26 Å². The van der Waals surface area contributed by atoms with E-state index in [4.69, 9.17) is 4.74 Å². The summed E-state index contributed by atoms with van der Waals surface area (Å²) < 4.78 is 5.01. The van der Waals surface area contributed by atoms with E-state index in [0.717, 1.165) is 5.56 Å². The first-order valence-corrected chi connectivity index (χ1v) is 6.91. The predicted octanol–water partition coefficient (Wildman–Crippen LogP) is 3.25. The second-order valence-corrected chi connectivity index (χ2v) is 4.84. The molecule has 2 aromatic rings. The third kappa shape index (κ3) is 3.69. The van der Waals surface area contributed by atoms with Gasteiger partial charge in [0.1, 0.15) is 11.6 Å². The lowest BCUT2D eigenvalue weighted by molar-refractivity contribution is -0.112. The fourth-order valence-corrected chi connectivity index (χ4v) is 2.03. The summed E-state index contributed by atoms with van der Waals surface area (Å²) in [6.45, 7) is 1.86. The topological polar surface area (TPSA) is 82.3 Å². The number of amides is 1. The van der Waals surface area contributed by atoms with Gasteiger partial charge in [-0.15, -0.1) is 0 Å². The number of phenols is 1. The quantitative estimate of drug-likeness (QED) is 0.671. The number of nitrogens with zero attached hydrogens (tertiary/aromatic N) is 1. The molecule has 0 fully saturated rings. The molecule has 0 atom stereocenters. The summed E-state index contributed by atoms with van der Waals surface area (Å²) in [5.74, 6) is -0.384. The average molecular weight is 308 g/mol. The minimum atomic E-state index is -0.538. The number of nitrogens with one attached hydrogen (secondary N) is 1. The first-order chi connectivity index (χ1) is 11.1. The van der Waals surface area contributed by atoms with E-state index in [9.17, 15) is 15.2 Å². The number of anilines is 1. The highest BCUT2D eigenvalue weighted by atomic mass is 16.5. The van der Waals surface area contributed by atoms with Gasteiger partial charge >= 0.3 is 0 Å². The Balaban J connectivity index is 2.31. The fourth-order valence-electron chi connectivity index (χ4n) is 2.03. The third-order valence-corrected chi connectivity index (χ3v) is 3.31. The van der Waals surface area contributed by atoms with E-state index in [1.54, 1.807) is 30.3 Å². The molecule has 5 heteroatoms. The molecule has 0 unspecified atom stereocenters. The van der Waals surface area contributed by atoms with Crippen LogP contribution in [-0.4, -0.2) is 18.1 Å². The molecule has 0 heterocycles. The molecule has 2 N–H and O–H groups in total. The number of benzene rings is 2. The molecule has 2 aromatic carbocycles. The van der Waals surface area contributed by atoms with Crippen LogP contribution in [-0.2, 0) is 4.79 Å². The van der Waals surface area contributed by atoms with E-state index >= 15 is 0 Å². The van der Waals surface area contributed by atoms with Crippen molar-refractivity contribution in [2.45, 2.75) is 6.92 Å². The molecular formula is C18H16N2O3. The van der Waals surface area contributed by atoms with Gasteiger partial charge in [0.25, 0.3) is 5.91 Å². The molecule has 0 spiro atoms. The Hall–Kier alpha value is -3.26. The highest BCUT2D eigenvalue weighted by molar-refractivity contribution is 6.10. The Morgan fingerprint density at radius 3 is 2.65 bits per heavy atom. The molecule has 0 aliphatic rings. The lowest BCUT2D eigenvalue weighted by Crippen LogP contribution is -2.14. The zero-order chi connectivity index (χ0) is 16.8. The van der Waals surface area contributed by atoms with Gasteiger partial charge in [-0.1, -0.05) is 30.3 Å². The minimum absolute atomic E-state index is 0.114. The van der Waals surface area contributed by atoms with E-state index in [-0.39, 0.29) is 17.1 Å². The maximum absolute atomic E-state index is 12.3. The lowest BCUT2D eigenvalue weighted by atomic mass is 10.1. The molecular weight excluding hydrogens is 292 g/mol. The summed E-state index contributed by atoms with van der Waals surface area (Å²) >= 11 is 0. The standard InChI is InChI=1S/C18H16N2O3/c1-12-6-3-4-8-15(12)20-18(22)14(11-19)10-13-7-5-9-16(23-2)17(13)21/h3-10,21H,1-2H3,(H,20,22). The van der Waals surface area contributed by atoms with Gasteiger partial charge in [-0.25, -0.2) is 0 Å². The van der Waals surface area contributed by atoms with Crippen molar-refractivity contribution < 1.29 is 14.6 Å². The fraction of sp³-hybridized carbons (Fsp3) is 0.111. The largest absolute Gasteiger partial charge is 0.504 e. The van der Waals surface area contributed by atoms with Gasteiger partial charge in [0.2, 0.25) is 0 Å². The summed E-state index contributed by atoms with van der Waals surface area (Å²) in [7, 11) is 1.43. The monoisotopic (exact) mass is 308 g/mol. The Morgan fingerprint density at radius 1 is 1.26 bits per heavy atom. The third-order valence-electron chi connectivity index (χ3n) is 3.31. The Kier molecular flexibility index (Phi) is 5.00. The van der Waals surface area contributed by atoms with E-state index in [2.05, 4.69) is 5.32 Å². The van der Waals surface area contributed by atoms with Gasteiger partial charge in [-0.2, -0.15) is 5.26 Å². The van der Waals surface area contributed by atoms with E-state index in [1.165, 1.54) is 13.2 Å². The maximum Gasteiger partial charge on any atom is 0.266 e. The second-order valence-electron chi connectivity index (χ2n) is 4.84. The first-order valence-electron chi connectivity index (χ1n) is 6.91. The molecule has 0 radical (unpaired) electrons. The van der Waals surface area contributed by atoms with Crippen LogP contribution in [0.3, 0.4) is 0 Å². The number of carbonyl (C=O) groups excluding carboxylic acids is 1. The molecule has 0 aliphatic heterocycles. The van der Waals surface area contributed by atoms with Crippen LogP contribution in [0.4, 0.5) is 5.69 Å². The highest BCUT2D eigenvalue weighted by Gasteiger charge is 2.13. The zero-order valence-corrected chi connectivity index (χ0v) is 12.8. The molecule has 23 heavy (non-hydrogen) atoms. The van der Waals surface area contributed by atoms with E-state index in [0.29, 0.717) is 11.3 Å². The molecule has 0 saturated heterocycles. The SMILES string of the molecule is COc1cccc(C=C(C#N)C(=O)Nc2ccccc2C)c1O. The number of carbonyl (C=O) groups is 1. The van der Waals surface area contributed by atoms with Crippen molar-refractivity contribution in [3.8, 4) is 17.6 Å². The number of phenolic OH excluding ortho intramolecular Hbond substituents is 1. The van der Waals surface area contributed by atoms with Gasteiger partial charge in [-0.05, 0) is 30.7 Å². The van der Waals surface area contributed by atoms with Crippen LogP contribution in [0.2, 0.25) is 0 Å². The molecule has 1 amide bonds. The molecule has 116 valence electrons. The van der Waals surface area contributed by atoms with Crippen LogP contribution in [0.1, 0.15) is 11.1 Å². The van der Waals surface area contributed by atoms with E-state index < -0.39 is 5.91 Å². The van der Waals surface area contributed by atoms with Crippen LogP contribution in [0.15, 0.2) is 48.0 Å². The number of methoxy groups -OCH3 is 1. The summed E-state index contributed by atoms with van der Waals surface area (Å²) in [5.41, 5.74) is 1.74. The molecule has 0 bridgehead atoms. The van der Waals surface area contributed by atoms with Crippen LogP contribution < -0.4 is 10.1 Å². The lowest BCUT2D eigenvalue weighted by Gasteiger charge is -2.08. The van der Waals surface area contributed by atoms with Crippen molar-refractivity contribution in [1.82, 2.24) is 0 Å². The number of hydrogen-bond donors (Lipinski definition) is 2. The number of rotatable bonds is 4. The Bertz CT molecular complexity index is 804. The van der Waals surface area contributed by atoms with Crippen LogP contribution in [0.5, 0.6) is 11.5 Å². The first kappa shape index (κ1) is 16.1. The molecule has 0 aromatic heterocycles. The molecule has 2 rings (SSSR count). The summed E-state index contributed by atoms with van der Waals surface area (Å²) in [6.07, 6.45) is 1.32. The molecule has 0 aliphatic carbocycles. The van der Waals surface area contributed by atoms with Gasteiger partial charge in [0.15, 0.2) is 11.5 Å². The van der Waals surface area contributed by atoms with E-state index in [1.807, 2.05) is 25.1 Å². The number of hydrogen-bond acceptors (Lipinski definition) is 4. The average Bonchev–Trinajstić information content (AvgIpc) is 2.56. The van der Waals surface area contributed by atoms with Crippen molar-refractivity contribution in [2.24, 2.45) is 0 Å². The minimum Gasteiger partial charge on any atom is -0.504 e. The number of para-hydroxylation sites is 2. The van der Waals surface area contributed by atoms with Crippen molar-refractivity contribution in [2.75, 3.05) is 12.4 Å². The van der Waals surface area contributed by atoms with Gasteiger partial charge in [0, 0.05) is 11.3 Å². The van der Waals surface area contributed by atoms with Crippen LogP contribution in [0, 0.1) is 18.3 Å². The van der Waals surface area contributed by atoms with Crippen LogP contribution >= 0.6 is 0 Å². The number of aryl methyl sites for hydroxylation is 1. The van der Waals surface area contributed by atoms with Crippen LogP contribution in [0.25, 0.3) is 6.08 Å². The Labute approximate surface area is 134 Å². The number of ether oxygens (including phenoxy) is 1. The maximum atomic E-state index is 12.3. The van der Waals surface area contributed by atoms with Crippen molar-refractivity contribution in [3.05, 3.63) is 59.2 Å². The smallest absolute Gasteiger partial charge is 0.266 e.